The second-order valence-electron chi connectivity index (χ2n) is 9.90. The highest BCUT2D eigenvalue weighted by Gasteiger charge is 2.45. The summed E-state index contributed by atoms with van der Waals surface area (Å²) in [5, 5.41) is 3.09. The van der Waals surface area contributed by atoms with Crippen LogP contribution < -0.4 is 29.2 Å². The molecule has 0 saturated heterocycles. The number of fused-ring (bicyclic) bond motifs is 2. The van der Waals surface area contributed by atoms with Crippen LogP contribution in [0.4, 0.5) is 5.69 Å². The minimum absolute atomic E-state index is 0.184. The molecule has 0 aromatic heterocycles. The first-order chi connectivity index (χ1) is 20.1. The fourth-order valence-corrected chi connectivity index (χ4v) is 5.47. The summed E-state index contributed by atoms with van der Waals surface area (Å²) in [5.41, 5.74) is 2.62. The van der Waals surface area contributed by atoms with Crippen LogP contribution in [0.1, 0.15) is 33.4 Å². The first-order valence-corrected chi connectivity index (χ1v) is 13.4. The average Bonchev–Trinajstić information content (AvgIpc) is 3.03. The van der Waals surface area contributed by atoms with Gasteiger partial charge in [-0.15, -0.1) is 0 Å². The summed E-state index contributed by atoms with van der Waals surface area (Å²) >= 11 is 0. The van der Waals surface area contributed by atoms with Crippen LogP contribution in [0.2, 0.25) is 0 Å². The predicted octanol–water partition coefficient (Wildman–Crippen LogP) is 5.15. The fraction of sp³-hybridized carbons (Fsp3) is 0.212. The Hall–Kier alpha value is -4.98. The molecule has 4 aromatic rings. The van der Waals surface area contributed by atoms with Crippen LogP contribution in [0, 0.1) is 0 Å². The molecule has 2 aliphatic rings. The molecule has 41 heavy (non-hydrogen) atoms. The van der Waals surface area contributed by atoms with Crippen LogP contribution in [0.3, 0.4) is 0 Å². The summed E-state index contributed by atoms with van der Waals surface area (Å²) < 4.78 is 22.6. The molecule has 2 amide bonds. The number of methoxy groups -OCH3 is 2. The third-order valence-electron chi connectivity index (χ3n) is 7.50. The van der Waals surface area contributed by atoms with Gasteiger partial charge in [0, 0.05) is 11.3 Å². The van der Waals surface area contributed by atoms with E-state index in [4.69, 9.17) is 18.9 Å². The van der Waals surface area contributed by atoms with E-state index in [1.165, 1.54) is 0 Å². The fourth-order valence-electron chi connectivity index (χ4n) is 5.47. The summed E-state index contributed by atoms with van der Waals surface area (Å²) in [7, 11) is 3.20. The van der Waals surface area contributed by atoms with Crippen LogP contribution in [-0.2, 0) is 4.79 Å². The predicted molar refractivity (Wildman–Crippen MR) is 154 cm³/mol. The van der Waals surface area contributed by atoms with E-state index in [1.54, 1.807) is 25.2 Å². The van der Waals surface area contributed by atoms with E-state index < -0.39 is 12.0 Å². The Kier molecular flexibility index (Phi) is 7.20. The number of hydrogen-bond donors (Lipinski definition) is 1. The van der Waals surface area contributed by atoms with Crippen molar-refractivity contribution in [3.8, 4) is 23.0 Å². The van der Waals surface area contributed by atoms with Crippen molar-refractivity contribution in [2.75, 3.05) is 32.3 Å². The number of ether oxygens (including phenoxy) is 4. The lowest BCUT2D eigenvalue weighted by Crippen LogP contribution is -2.49. The Balaban J connectivity index is 1.38. The quantitative estimate of drug-likeness (QED) is 0.343. The van der Waals surface area contributed by atoms with Crippen LogP contribution in [0.15, 0.2) is 97.1 Å². The summed E-state index contributed by atoms with van der Waals surface area (Å²) in [4.78, 5) is 29.9. The Bertz CT molecular complexity index is 1550. The highest BCUT2D eigenvalue weighted by molar-refractivity contribution is 6.11. The molecule has 2 aliphatic heterocycles. The first-order valence-electron chi connectivity index (χ1n) is 13.4. The molecule has 208 valence electrons. The zero-order valence-electron chi connectivity index (χ0n) is 22.8. The molecule has 3 atom stereocenters. The summed E-state index contributed by atoms with van der Waals surface area (Å²) in [5.74, 6) is 1.59. The number of carbonyl (C=O) groups excluding carboxylic acids is 2. The molecule has 0 aliphatic carbocycles. The SMILES string of the molecule is COc1ccc([C@@H]2[C@H](C(=O)NC[C@@H]3COc4ccccc4O3)c3ccccc3C(=O)N2c2ccc(OC)cc2)cc1. The zero-order chi connectivity index (χ0) is 28.3. The third-order valence-corrected chi connectivity index (χ3v) is 7.50. The molecule has 0 fully saturated rings. The van der Waals surface area contributed by atoms with E-state index in [2.05, 4.69) is 5.32 Å². The molecule has 0 unspecified atom stereocenters. The van der Waals surface area contributed by atoms with Crippen molar-refractivity contribution in [2.24, 2.45) is 0 Å². The van der Waals surface area contributed by atoms with Crippen molar-refractivity contribution in [1.29, 1.82) is 0 Å². The maximum Gasteiger partial charge on any atom is 0.259 e. The van der Waals surface area contributed by atoms with Gasteiger partial charge in [-0.3, -0.25) is 14.5 Å². The van der Waals surface area contributed by atoms with E-state index in [-0.39, 0.29) is 24.5 Å². The van der Waals surface area contributed by atoms with E-state index >= 15 is 0 Å². The number of rotatable bonds is 7. The van der Waals surface area contributed by atoms with Gasteiger partial charge in [-0.2, -0.15) is 0 Å². The van der Waals surface area contributed by atoms with Crippen molar-refractivity contribution in [3.05, 3.63) is 114 Å². The van der Waals surface area contributed by atoms with E-state index in [1.807, 2.05) is 91.0 Å². The van der Waals surface area contributed by atoms with Gasteiger partial charge in [0.2, 0.25) is 5.91 Å². The number of amides is 2. The zero-order valence-corrected chi connectivity index (χ0v) is 22.8. The van der Waals surface area contributed by atoms with Crippen LogP contribution in [-0.4, -0.2) is 45.3 Å². The molecule has 1 N–H and O–H groups in total. The number of anilines is 1. The van der Waals surface area contributed by atoms with Crippen molar-refractivity contribution in [3.63, 3.8) is 0 Å². The van der Waals surface area contributed by atoms with Crippen molar-refractivity contribution in [1.82, 2.24) is 5.32 Å². The van der Waals surface area contributed by atoms with Gasteiger partial charge in [0.15, 0.2) is 11.5 Å². The van der Waals surface area contributed by atoms with Crippen molar-refractivity contribution >= 4 is 17.5 Å². The van der Waals surface area contributed by atoms with Crippen LogP contribution >= 0.6 is 0 Å². The number of para-hydroxylation sites is 2. The lowest BCUT2D eigenvalue weighted by atomic mass is 9.78. The lowest BCUT2D eigenvalue weighted by molar-refractivity contribution is -0.123. The number of nitrogens with zero attached hydrogens (tertiary/aromatic N) is 1. The number of hydrogen-bond acceptors (Lipinski definition) is 6. The summed E-state index contributed by atoms with van der Waals surface area (Å²) in [6.45, 7) is 0.564. The van der Waals surface area contributed by atoms with Gasteiger partial charge >= 0.3 is 0 Å². The molecule has 8 nitrogen and oxygen atoms in total. The Morgan fingerprint density at radius 1 is 0.854 bits per heavy atom. The highest BCUT2D eigenvalue weighted by Crippen LogP contribution is 2.45. The molecular weight excluding hydrogens is 520 g/mol. The van der Waals surface area contributed by atoms with Gasteiger partial charge < -0.3 is 24.3 Å². The standard InChI is InChI=1S/C33H30N2O6/c1-38-23-15-11-21(12-16-23)31-30(32(36)34-19-25-20-40-28-9-5-6-10-29(28)41-25)26-7-3-4-8-27(26)33(37)35(31)22-13-17-24(39-2)18-14-22/h3-18,25,30-31H,19-20H2,1-2H3,(H,34,36)/t25-,30-,31-/m1/s1. The average molecular weight is 551 g/mol. The van der Waals surface area contributed by atoms with Gasteiger partial charge in [0.25, 0.3) is 5.91 Å². The maximum atomic E-state index is 14.1. The smallest absolute Gasteiger partial charge is 0.259 e. The van der Waals surface area contributed by atoms with Gasteiger partial charge in [-0.1, -0.05) is 42.5 Å². The number of carbonyl (C=O) groups is 2. The molecule has 0 bridgehead atoms. The van der Waals surface area contributed by atoms with Gasteiger partial charge in [-0.05, 0) is 65.7 Å². The van der Waals surface area contributed by atoms with Crippen LogP contribution in [0.5, 0.6) is 23.0 Å². The Morgan fingerprint density at radius 3 is 2.20 bits per heavy atom. The second kappa shape index (κ2) is 11.3. The third kappa shape index (κ3) is 5.04. The highest BCUT2D eigenvalue weighted by atomic mass is 16.6. The number of benzene rings is 4. The van der Waals surface area contributed by atoms with Gasteiger partial charge in [-0.25, -0.2) is 0 Å². The Labute approximate surface area is 238 Å². The molecule has 2 heterocycles. The normalized spacial score (nSPS) is 19.2. The molecule has 0 radical (unpaired) electrons. The summed E-state index contributed by atoms with van der Waals surface area (Å²) in [6.07, 6.45) is -0.355. The first kappa shape index (κ1) is 26.3. The van der Waals surface area contributed by atoms with E-state index in [0.29, 0.717) is 46.4 Å². The number of nitrogens with one attached hydrogen (secondary N) is 1. The maximum absolute atomic E-state index is 14.1. The minimum atomic E-state index is -0.698. The topological polar surface area (TPSA) is 86.3 Å². The minimum Gasteiger partial charge on any atom is -0.497 e. The molecule has 0 saturated carbocycles. The van der Waals surface area contributed by atoms with E-state index in [9.17, 15) is 9.59 Å². The molecule has 6 rings (SSSR count). The van der Waals surface area contributed by atoms with Crippen molar-refractivity contribution in [2.45, 2.75) is 18.1 Å². The molecule has 4 aromatic carbocycles. The van der Waals surface area contributed by atoms with Crippen molar-refractivity contribution < 1.29 is 28.5 Å². The largest absolute Gasteiger partial charge is 0.497 e. The molecule has 8 heteroatoms. The second-order valence-corrected chi connectivity index (χ2v) is 9.90. The van der Waals surface area contributed by atoms with Gasteiger partial charge in [0.1, 0.15) is 24.2 Å². The monoisotopic (exact) mass is 550 g/mol. The van der Waals surface area contributed by atoms with Gasteiger partial charge in [0.05, 0.1) is 32.7 Å². The molecule has 0 spiro atoms. The summed E-state index contributed by atoms with van der Waals surface area (Å²) in [6, 6.07) is 28.9. The molecular formula is C33H30N2O6. The van der Waals surface area contributed by atoms with Crippen LogP contribution in [0.25, 0.3) is 0 Å². The van der Waals surface area contributed by atoms with E-state index in [0.717, 1.165) is 5.56 Å². The Morgan fingerprint density at radius 2 is 1.49 bits per heavy atom. The lowest BCUT2D eigenvalue weighted by Gasteiger charge is -2.42.